The highest BCUT2D eigenvalue weighted by atomic mass is 19.4. The van der Waals surface area contributed by atoms with Crippen LogP contribution in [0, 0.1) is 10.1 Å². The quantitative estimate of drug-likeness (QED) is 0.619. The maximum absolute atomic E-state index is 12.8. The number of para-hydroxylation sites is 1. The van der Waals surface area contributed by atoms with Crippen molar-refractivity contribution in [1.29, 1.82) is 0 Å². The first-order valence-electron chi connectivity index (χ1n) is 5.46. The molecular formula is C13H8F3NO3. The van der Waals surface area contributed by atoms with Crippen LogP contribution < -0.4 is 4.74 Å². The minimum Gasteiger partial charge on any atom is -0.456 e. The first-order valence-corrected chi connectivity index (χ1v) is 5.46. The Morgan fingerprint density at radius 1 is 1.05 bits per heavy atom. The molecule has 0 aliphatic rings. The van der Waals surface area contributed by atoms with Gasteiger partial charge in [-0.05, 0) is 18.2 Å². The summed E-state index contributed by atoms with van der Waals surface area (Å²) in [5.41, 5.74) is -1.53. The van der Waals surface area contributed by atoms with Crippen LogP contribution in [0.2, 0.25) is 0 Å². The van der Waals surface area contributed by atoms with Crippen molar-refractivity contribution < 1.29 is 22.8 Å². The first kappa shape index (κ1) is 13.9. The van der Waals surface area contributed by atoms with Crippen LogP contribution in [-0.4, -0.2) is 4.92 Å². The van der Waals surface area contributed by atoms with Gasteiger partial charge in [-0.2, -0.15) is 13.2 Å². The van der Waals surface area contributed by atoms with Crippen LogP contribution in [0.1, 0.15) is 5.56 Å². The van der Waals surface area contributed by atoms with Gasteiger partial charge in [0.1, 0.15) is 11.5 Å². The zero-order valence-electron chi connectivity index (χ0n) is 9.92. The second kappa shape index (κ2) is 5.20. The third kappa shape index (κ3) is 3.05. The largest absolute Gasteiger partial charge is 0.456 e. The van der Waals surface area contributed by atoms with Crippen molar-refractivity contribution in [2.45, 2.75) is 6.18 Å². The summed E-state index contributed by atoms with van der Waals surface area (Å²) in [6, 6.07) is 9.94. The molecule has 2 rings (SSSR count). The maximum Gasteiger partial charge on any atom is 0.419 e. The van der Waals surface area contributed by atoms with Crippen molar-refractivity contribution in [2.24, 2.45) is 0 Å². The highest BCUT2D eigenvalue weighted by Gasteiger charge is 2.35. The molecule has 0 radical (unpaired) electrons. The van der Waals surface area contributed by atoms with Gasteiger partial charge < -0.3 is 4.74 Å². The van der Waals surface area contributed by atoms with E-state index in [0.29, 0.717) is 6.07 Å². The minimum absolute atomic E-state index is 0.165. The fourth-order valence-electron chi connectivity index (χ4n) is 1.56. The summed E-state index contributed by atoms with van der Waals surface area (Å²) in [6.45, 7) is 0. The zero-order chi connectivity index (χ0) is 14.8. The Labute approximate surface area is 111 Å². The van der Waals surface area contributed by atoms with E-state index in [4.69, 9.17) is 4.74 Å². The number of nitro groups is 1. The predicted octanol–water partition coefficient (Wildman–Crippen LogP) is 4.41. The van der Waals surface area contributed by atoms with Gasteiger partial charge in [0.2, 0.25) is 0 Å². The summed E-state index contributed by atoms with van der Waals surface area (Å²) in [5, 5.41) is 10.6. The number of nitro benzene ring substituents is 1. The molecule has 0 fully saturated rings. The summed E-state index contributed by atoms with van der Waals surface area (Å²) in [7, 11) is 0. The molecule has 0 saturated carbocycles. The molecule has 2 aromatic rings. The van der Waals surface area contributed by atoms with E-state index in [1.54, 1.807) is 18.2 Å². The van der Waals surface area contributed by atoms with E-state index in [1.165, 1.54) is 12.1 Å². The zero-order valence-corrected chi connectivity index (χ0v) is 9.92. The van der Waals surface area contributed by atoms with Gasteiger partial charge in [-0.1, -0.05) is 18.2 Å². The standard InChI is InChI=1S/C13H8F3NO3/c14-13(15,16)11-7-6-9(17(18)19)8-12(11)20-10-4-2-1-3-5-10/h1-8H. The number of alkyl halides is 3. The average Bonchev–Trinajstić information content (AvgIpc) is 2.38. The molecule has 0 aliphatic carbocycles. The number of nitrogens with zero attached hydrogens (tertiary/aromatic N) is 1. The third-order valence-electron chi connectivity index (χ3n) is 2.45. The molecule has 7 heteroatoms. The highest BCUT2D eigenvalue weighted by molar-refractivity contribution is 5.47. The van der Waals surface area contributed by atoms with E-state index in [2.05, 4.69) is 0 Å². The first-order chi connectivity index (χ1) is 9.38. The van der Waals surface area contributed by atoms with E-state index in [-0.39, 0.29) is 5.75 Å². The number of halogens is 3. The number of hydrogen-bond donors (Lipinski definition) is 0. The number of benzene rings is 2. The summed E-state index contributed by atoms with van der Waals surface area (Å²) in [5.74, 6) is -0.434. The fraction of sp³-hybridized carbons (Fsp3) is 0.0769. The summed E-state index contributed by atoms with van der Waals surface area (Å²) in [6.07, 6.45) is -4.65. The van der Waals surface area contributed by atoms with E-state index in [0.717, 1.165) is 12.1 Å². The van der Waals surface area contributed by atoms with Gasteiger partial charge in [-0.15, -0.1) is 0 Å². The average molecular weight is 283 g/mol. The van der Waals surface area contributed by atoms with Gasteiger partial charge in [-0.3, -0.25) is 10.1 Å². The molecule has 2 aromatic carbocycles. The van der Waals surface area contributed by atoms with E-state index >= 15 is 0 Å². The van der Waals surface area contributed by atoms with Crippen molar-refractivity contribution in [1.82, 2.24) is 0 Å². The van der Waals surface area contributed by atoms with Crippen LogP contribution in [0.25, 0.3) is 0 Å². The van der Waals surface area contributed by atoms with Crippen molar-refractivity contribution in [3.05, 3.63) is 64.2 Å². The normalized spacial score (nSPS) is 11.2. The summed E-state index contributed by atoms with van der Waals surface area (Å²) in [4.78, 5) is 9.86. The van der Waals surface area contributed by atoms with E-state index < -0.39 is 28.1 Å². The molecule has 0 spiro atoms. The molecule has 0 atom stereocenters. The van der Waals surface area contributed by atoms with Crippen molar-refractivity contribution >= 4 is 5.69 Å². The number of ether oxygens (including phenoxy) is 1. The molecule has 104 valence electrons. The Hall–Kier alpha value is -2.57. The number of hydrogen-bond acceptors (Lipinski definition) is 3. The van der Waals surface area contributed by atoms with Gasteiger partial charge in [0.15, 0.2) is 0 Å². The molecular weight excluding hydrogens is 275 g/mol. The third-order valence-corrected chi connectivity index (χ3v) is 2.45. The van der Waals surface area contributed by atoms with Gasteiger partial charge in [0.05, 0.1) is 16.6 Å². The van der Waals surface area contributed by atoms with Gasteiger partial charge in [0.25, 0.3) is 5.69 Å². The molecule has 0 N–H and O–H groups in total. The monoisotopic (exact) mass is 283 g/mol. The van der Waals surface area contributed by atoms with Crippen LogP contribution in [-0.2, 0) is 6.18 Å². The van der Waals surface area contributed by atoms with Crippen LogP contribution in [0.3, 0.4) is 0 Å². The number of non-ortho nitro benzene ring substituents is 1. The summed E-state index contributed by atoms with van der Waals surface area (Å²) >= 11 is 0. The van der Waals surface area contributed by atoms with Crippen LogP contribution in [0.5, 0.6) is 11.5 Å². The molecule has 20 heavy (non-hydrogen) atoms. The molecule has 0 aliphatic heterocycles. The fourth-order valence-corrected chi connectivity index (χ4v) is 1.56. The van der Waals surface area contributed by atoms with Crippen molar-refractivity contribution in [2.75, 3.05) is 0 Å². The molecule has 0 aromatic heterocycles. The van der Waals surface area contributed by atoms with Gasteiger partial charge in [0, 0.05) is 6.07 Å². The Morgan fingerprint density at radius 3 is 2.25 bits per heavy atom. The lowest BCUT2D eigenvalue weighted by Gasteiger charge is -2.13. The van der Waals surface area contributed by atoms with Gasteiger partial charge in [-0.25, -0.2) is 0 Å². The Balaban J connectivity index is 2.47. The summed E-state index contributed by atoms with van der Waals surface area (Å²) < 4.78 is 43.6. The van der Waals surface area contributed by atoms with Gasteiger partial charge >= 0.3 is 6.18 Å². The molecule has 0 amide bonds. The van der Waals surface area contributed by atoms with E-state index in [1.807, 2.05) is 0 Å². The predicted molar refractivity (Wildman–Crippen MR) is 64.6 cm³/mol. The lowest BCUT2D eigenvalue weighted by molar-refractivity contribution is -0.385. The highest BCUT2D eigenvalue weighted by Crippen LogP contribution is 2.39. The van der Waals surface area contributed by atoms with Crippen LogP contribution >= 0.6 is 0 Å². The van der Waals surface area contributed by atoms with Crippen molar-refractivity contribution in [3.8, 4) is 11.5 Å². The van der Waals surface area contributed by atoms with E-state index in [9.17, 15) is 23.3 Å². The number of rotatable bonds is 3. The molecule has 4 nitrogen and oxygen atoms in total. The lowest BCUT2D eigenvalue weighted by atomic mass is 10.1. The second-order valence-corrected chi connectivity index (χ2v) is 3.85. The Bertz CT molecular complexity index is 627. The molecule has 0 heterocycles. The van der Waals surface area contributed by atoms with Crippen molar-refractivity contribution in [3.63, 3.8) is 0 Å². The smallest absolute Gasteiger partial charge is 0.419 e. The maximum atomic E-state index is 12.8. The topological polar surface area (TPSA) is 52.4 Å². The Morgan fingerprint density at radius 2 is 1.70 bits per heavy atom. The SMILES string of the molecule is O=[N+]([O-])c1ccc(C(F)(F)F)c(Oc2ccccc2)c1. The van der Waals surface area contributed by atoms with Crippen LogP contribution in [0.4, 0.5) is 18.9 Å². The van der Waals surface area contributed by atoms with Crippen LogP contribution in [0.15, 0.2) is 48.5 Å². The minimum atomic E-state index is -4.65. The molecule has 0 unspecified atom stereocenters. The second-order valence-electron chi connectivity index (χ2n) is 3.85. The lowest BCUT2D eigenvalue weighted by Crippen LogP contribution is -2.07. The molecule has 0 saturated heterocycles. The Kier molecular flexibility index (Phi) is 3.60. The molecule has 0 bridgehead atoms.